The average Bonchev–Trinajstić information content (AvgIpc) is 3.07. The average molecular weight is 330 g/mol. The Bertz CT molecular complexity index is 727. The monoisotopic (exact) mass is 330 g/mol. The van der Waals surface area contributed by atoms with Gasteiger partial charge in [-0.3, -0.25) is 9.59 Å². The molecule has 0 radical (unpaired) electrons. The van der Waals surface area contributed by atoms with Crippen molar-refractivity contribution in [2.45, 2.75) is 13.5 Å². The summed E-state index contributed by atoms with van der Waals surface area (Å²) in [5.41, 5.74) is 0.589. The van der Waals surface area contributed by atoms with Crippen LogP contribution in [-0.2, 0) is 16.1 Å². The summed E-state index contributed by atoms with van der Waals surface area (Å²) in [6.07, 6.45) is 1.53. The minimum absolute atomic E-state index is 0.0650. The molecule has 24 heavy (non-hydrogen) atoms. The van der Waals surface area contributed by atoms with Crippen LogP contribution in [0.5, 0.6) is 11.5 Å². The van der Waals surface area contributed by atoms with Crippen molar-refractivity contribution in [3.8, 4) is 11.5 Å². The van der Waals surface area contributed by atoms with Gasteiger partial charge >= 0.3 is 0 Å². The van der Waals surface area contributed by atoms with E-state index in [2.05, 4.69) is 5.32 Å². The van der Waals surface area contributed by atoms with E-state index < -0.39 is 0 Å². The van der Waals surface area contributed by atoms with E-state index >= 15 is 0 Å². The Labute approximate surface area is 139 Å². The van der Waals surface area contributed by atoms with Gasteiger partial charge in [0.15, 0.2) is 11.5 Å². The molecule has 1 N–H and O–H groups in total. The number of benzene rings is 1. The summed E-state index contributed by atoms with van der Waals surface area (Å²) in [6.45, 7) is 2.59. The second-order valence-electron chi connectivity index (χ2n) is 5.36. The fourth-order valence-corrected chi connectivity index (χ4v) is 2.36. The van der Waals surface area contributed by atoms with Gasteiger partial charge in [-0.25, -0.2) is 0 Å². The second kappa shape index (κ2) is 7.08. The number of hydrogen-bond donors (Lipinski definition) is 1. The molecule has 3 rings (SSSR count). The first-order valence-electron chi connectivity index (χ1n) is 7.59. The van der Waals surface area contributed by atoms with Crippen LogP contribution in [0.2, 0.25) is 0 Å². The number of rotatable bonds is 5. The van der Waals surface area contributed by atoms with Gasteiger partial charge in [-0.1, -0.05) is 0 Å². The lowest BCUT2D eigenvalue weighted by atomic mass is 10.2. The number of nitrogens with one attached hydrogen (secondary N) is 1. The predicted molar refractivity (Wildman–Crippen MR) is 85.9 cm³/mol. The highest BCUT2D eigenvalue weighted by Gasteiger charge is 2.17. The number of nitrogens with zero attached hydrogens (tertiary/aromatic N) is 1. The molecule has 7 heteroatoms. The number of fused-ring (bicyclic) bond motifs is 1. The maximum Gasteiger partial charge on any atom is 0.244 e. The van der Waals surface area contributed by atoms with E-state index in [9.17, 15) is 9.59 Å². The molecule has 7 nitrogen and oxygen atoms in total. The smallest absolute Gasteiger partial charge is 0.244 e. The van der Waals surface area contributed by atoms with Gasteiger partial charge in [0.25, 0.3) is 0 Å². The molecule has 1 aliphatic rings. The number of anilines is 1. The molecule has 0 atom stereocenters. The SMILES string of the molecule is CC(=O)N(CC(=O)Nc1ccc2c(c1)OCCO2)Cc1ccco1. The molecule has 0 bridgehead atoms. The lowest BCUT2D eigenvalue weighted by molar-refractivity contribution is -0.133. The first-order chi connectivity index (χ1) is 11.6. The summed E-state index contributed by atoms with van der Waals surface area (Å²) in [4.78, 5) is 25.3. The molecule has 0 aliphatic carbocycles. The van der Waals surface area contributed by atoms with Crippen molar-refractivity contribution in [2.75, 3.05) is 25.1 Å². The second-order valence-corrected chi connectivity index (χ2v) is 5.36. The fourth-order valence-electron chi connectivity index (χ4n) is 2.36. The predicted octanol–water partition coefficient (Wildman–Crippen LogP) is 2.04. The quantitative estimate of drug-likeness (QED) is 0.907. The van der Waals surface area contributed by atoms with Crippen LogP contribution in [0.3, 0.4) is 0 Å². The number of furan rings is 1. The summed E-state index contributed by atoms with van der Waals surface area (Å²) in [7, 11) is 0. The number of ether oxygens (including phenoxy) is 2. The van der Waals surface area contributed by atoms with Gasteiger partial charge in [0.1, 0.15) is 25.5 Å². The topological polar surface area (TPSA) is 81.0 Å². The highest BCUT2D eigenvalue weighted by atomic mass is 16.6. The Hall–Kier alpha value is -2.96. The van der Waals surface area contributed by atoms with Crippen molar-refractivity contribution >= 4 is 17.5 Å². The van der Waals surface area contributed by atoms with Crippen molar-refractivity contribution in [3.05, 3.63) is 42.4 Å². The molecule has 1 aromatic heterocycles. The zero-order valence-corrected chi connectivity index (χ0v) is 13.3. The first kappa shape index (κ1) is 15.9. The molecule has 1 aromatic carbocycles. The third-order valence-corrected chi connectivity index (χ3v) is 3.53. The molecule has 0 saturated heterocycles. The van der Waals surface area contributed by atoms with Gasteiger partial charge in [0.05, 0.1) is 12.8 Å². The number of carbonyl (C=O) groups excluding carboxylic acids is 2. The van der Waals surface area contributed by atoms with Crippen molar-refractivity contribution in [1.82, 2.24) is 4.90 Å². The highest BCUT2D eigenvalue weighted by Crippen LogP contribution is 2.32. The van der Waals surface area contributed by atoms with Crippen molar-refractivity contribution < 1.29 is 23.5 Å². The maximum atomic E-state index is 12.2. The number of amides is 2. The molecular formula is C17H18N2O5. The summed E-state index contributed by atoms with van der Waals surface area (Å²) < 4.78 is 16.1. The molecule has 1 aliphatic heterocycles. The van der Waals surface area contributed by atoms with Crippen molar-refractivity contribution in [1.29, 1.82) is 0 Å². The normalized spacial score (nSPS) is 12.5. The molecule has 0 saturated carbocycles. The van der Waals surface area contributed by atoms with E-state index in [0.717, 1.165) is 0 Å². The van der Waals surface area contributed by atoms with Crippen LogP contribution in [-0.4, -0.2) is 36.5 Å². The van der Waals surface area contributed by atoms with Gasteiger partial charge in [0.2, 0.25) is 11.8 Å². The Morgan fingerprint density at radius 2 is 1.96 bits per heavy atom. The largest absolute Gasteiger partial charge is 0.486 e. The molecule has 2 aromatic rings. The summed E-state index contributed by atoms with van der Waals surface area (Å²) in [6, 6.07) is 8.68. The Balaban J connectivity index is 1.62. The van der Waals surface area contributed by atoms with Crippen LogP contribution in [0.25, 0.3) is 0 Å². The van der Waals surface area contributed by atoms with Crippen LogP contribution in [0, 0.1) is 0 Å². The molecule has 0 unspecified atom stereocenters. The lowest BCUT2D eigenvalue weighted by Crippen LogP contribution is -2.36. The summed E-state index contributed by atoms with van der Waals surface area (Å²) >= 11 is 0. The van der Waals surface area contributed by atoms with Gasteiger partial charge in [-0.2, -0.15) is 0 Å². The summed E-state index contributed by atoms with van der Waals surface area (Å²) in [5.74, 6) is 1.37. The number of hydrogen-bond acceptors (Lipinski definition) is 5. The van der Waals surface area contributed by atoms with Crippen molar-refractivity contribution in [2.24, 2.45) is 0 Å². The number of carbonyl (C=O) groups is 2. The molecule has 2 heterocycles. The third kappa shape index (κ3) is 3.87. The van der Waals surface area contributed by atoms with Gasteiger partial charge < -0.3 is 24.1 Å². The Kier molecular flexibility index (Phi) is 4.69. The first-order valence-corrected chi connectivity index (χ1v) is 7.59. The van der Waals surface area contributed by atoms with Gasteiger partial charge in [0, 0.05) is 18.7 Å². The van der Waals surface area contributed by atoms with Gasteiger partial charge in [-0.15, -0.1) is 0 Å². The Morgan fingerprint density at radius 3 is 2.67 bits per heavy atom. The highest BCUT2D eigenvalue weighted by molar-refractivity contribution is 5.94. The van der Waals surface area contributed by atoms with Crippen LogP contribution in [0.1, 0.15) is 12.7 Å². The molecule has 126 valence electrons. The van der Waals surface area contributed by atoms with E-state index in [1.165, 1.54) is 18.1 Å². The molecular weight excluding hydrogens is 312 g/mol. The zero-order chi connectivity index (χ0) is 16.9. The van der Waals surface area contributed by atoms with Crippen molar-refractivity contribution in [3.63, 3.8) is 0 Å². The van der Waals surface area contributed by atoms with Crippen LogP contribution < -0.4 is 14.8 Å². The summed E-state index contributed by atoms with van der Waals surface area (Å²) in [5, 5.41) is 2.76. The van der Waals surface area contributed by atoms with Gasteiger partial charge in [-0.05, 0) is 24.3 Å². The van der Waals surface area contributed by atoms with Crippen LogP contribution >= 0.6 is 0 Å². The minimum atomic E-state index is -0.298. The van der Waals surface area contributed by atoms with E-state index in [-0.39, 0.29) is 24.9 Å². The van der Waals surface area contributed by atoms with E-state index in [0.29, 0.717) is 36.2 Å². The van der Waals surface area contributed by atoms with E-state index in [1.807, 2.05) is 0 Å². The Morgan fingerprint density at radius 1 is 1.17 bits per heavy atom. The molecule has 2 amide bonds. The third-order valence-electron chi connectivity index (χ3n) is 3.53. The lowest BCUT2D eigenvalue weighted by Gasteiger charge is -2.21. The standard InChI is InChI=1S/C17H18N2O5/c1-12(20)19(10-14-3-2-6-22-14)11-17(21)18-13-4-5-15-16(9-13)24-8-7-23-15/h2-6,9H,7-8,10-11H2,1H3,(H,18,21). The zero-order valence-electron chi connectivity index (χ0n) is 13.3. The van der Waals surface area contributed by atoms with E-state index in [1.54, 1.807) is 30.3 Å². The molecule has 0 spiro atoms. The maximum absolute atomic E-state index is 12.2. The minimum Gasteiger partial charge on any atom is -0.486 e. The van der Waals surface area contributed by atoms with Crippen LogP contribution in [0.4, 0.5) is 5.69 Å². The van der Waals surface area contributed by atoms with Crippen LogP contribution in [0.15, 0.2) is 41.0 Å². The fraction of sp³-hybridized carbons (Fsp3) is 0.294. The molecule has 0 fully saturated rings. The van der Waals surface area contributed by atoms with E-state index in [4.69, 9.17) is 13.9 Å².